The average Bonchev–Trinajstić information content (AvgIpc) is 2.39. The Bertz CT molecular complexity index is 642. The van der Waals surface area contributed by atoms with E-state index in [1.54, 1.807) is 13.8 Å². The van der Waals surface area contributed by atoms with E-state index in [-0.39, 0.29) is 18.2 Å². The van der Waals surface area contributed by atoms with Gasteiger partial charge in [-0.15, -0.1) is 0 Å². The molecule has 1 aromatic rings. The second-order valence-corrected chi connectivity index (χ2v) is 4.21. The molecule has 0 bridgehead atoms. The van der Waals surface area contributed by atoms with Gasteiger partial charge in [0.05, 0.1) is 13.0 Å². The molecule has 0 aliphatic carbocycles. The SMILES string of the molecule is CCOC(=O)C/C(C)=N\Nc1cc(=O)n(C)c(=O)n1C. The fourth-order valence-corrected chi connectivity index (χ4v) is 1.45. The summed E-state index contributed by atoms with van der Waals surface area (Å²) in [7, 11) is 2.91. The summed E-state index contributed by atoms with van der Waals surface area (Å²) in [6.07, 6.45) is 0.0413. The fraction of sp³-hybridized carbons (Fsp3) is 0.500. The van der Waals surface area contributed by atoms with Crippen LogP contribution < -0.4 is 16.7 Å². The van der Waals surface area contributed by atoms with Gasteiger partial charge in [-0.3, -0.25) is 24.1 Å². The zero-order valence-electron chi connectivity index (χ0n) is 12.0. The van der Waals surface area contributed by atoms with E-state index >= 15 is 0 Å². The molecule has 0 unspecified atom stereocenters. The second kappa shape index (κ2) is 6.69. The number of esters is 1. The van der Waals surface area contributed by atoms with E-state index in [2.05, 4.69) is 10.5 Å². The molecule has 0 amide bonds. The lowest BCUT2D eigenvalue weighted by molar-refractivity contribution is -0.141. The molecular weight excluding hydrogens is 264 g/mol. The third-order valence-electron chi connectivity index (χ3n) is 2.59. The first-order chi connectivity index (χ1) is 9.36. The number of hydrogen-bond acceptors (Lipinski definition) is 6. The summed E-state index contributed by atoms with van der Waals surface area (Å²) in [5.41, 5.74) is 2.19. The molecule has 0 aliphatic rings. The molecule has 20 heavy (non-hydrogen) atoms. The minimum atomic E-state index is -0.460. The lowest BCUT2D eigenvalue weighted by Gasteiger charge is -2.09. The van der Waals surface area contributed by atoms with Crippen molar-refractivity contribution in [2.45, 2.75) is 20.3 Å². The Balaban J connectivity index is 2.87. The Labute approximate surface area is 115 Å². The maximum atomic E-state index is 11.7. The van der Waals surface area contributed by atoms with Crippen LogP contribution in [0.15, 0.2) is 20.8 Å². The highest BCUT2D eigenvalue weighted by molar-refractivity contribution is 5.97. The summed E-state index contributed by atoms with van der Waals surface area (Å²) in [4.78, 5) is 34.4. The number of nitrogens with zero attached hydrogens (tertiary/aromatic N) is 3. The van der Waals surface area contributed by atoms with E-state index in [4.69, 9.17) is 4.74 Å². The van der Waals surface area contributed by atoms with E-state index in [0.29, 0.717) is 12.3 Å². The number of carbonyl (C=O) groups is 1. The first-order valence-corrected chi connectivity index (χ1v) is 6.08. The predicted octanol–water partition coefficient (Wildman–Crippen LogP) is -0.175. The molecule has 8 nitrogen and oxygen atoms in total. The van der Waals surface area contributed by atoms with E-state index in [9.17, 15) is 14.4 Å². The minimum absolute atomic E-state index is 0.0413. The maximum absolute atomic E-state index is 11.7. The Hall–Kier alpha value is -2.38. The van der Waals surface area contributed by atoms with Crippen molar-refractivity contribution < 1.29 is 9.53 Å². The highest BCUT2D eigenvalue weighted by Crippen LogP contribution is 1.99. The van der Waals surface area contributed by atoms with E-state index in [1.807, 2.05) is 0 Å². The van der Waals surface area contributed by atoms with Gasteiger partial charge in [0, 0.05) is 25.9 Å². The topological polar surface area (TPSA) is 94.7 Å². The van der Waals surface area contributed by atoms with Crippen molar-refractivity contribution in [3.8, 4) is 0 Å². The quantitative estimate of drug-likeness (QED) is 0.459. The molecule has 1 aromatic heterocycles. The van der Waals surface area contributed by atoms with Crippen molar-refractivity contribution in [1.29, 1.82) is 0 Å². The van der Waals surface area contributed by atoms with Crippen LogP contribution in [0.2, 0.25) is 0 Å². The largest absolute Gasteiger partial charge is 0.466 e. The lowest BCUT2D eigenvalue weighted by Crippen LogP contribution is -2.37. The molecule has 0 aromatic carbocycles. The van der Waals surface area contributed by atoms with Gasteiger partial charge in [0.1, 0.15) is 5.82 Å². The molecule has 1 rings (SSSR count). The molecule has 110 valence electrons. The van der Waals surface area contributed by atoms with Crippen molar-refractivity contribution >= 4 is 17.5 Å². The zero-order valence-corrected chi connectivity index (χ0v) is 12.0. The standard InChI is InChI=1S/C12H18N4O4/c1-5-20-11(18)6-8(2)13-14-9-7-10(17)16(4)12(19)15(9)3/h7,14H,5-6H2,1-4H3/b13-8-. The highest BCUT2D eigenvalue weighted by Gasteiger charge is 2.06. The molecule has 0 spiro atoms. The minimum Gasteiger partial charge on any atom is -0.466 e. The van der Waals surface area contributed by atoms with Crippen LogP contribution in [-0.4, -0.2) is 27.4 Å². The Morgan fingerprint density at radius 2 is 2.00 bits per heavy atom. The number of anilines is 1. The molecule has 0 aliphatic heterocycles. The maximum Gasteiger partial charge on any atom is 0.332 e. The van der Waals surface area contributed by atoms with Gasteiger partial charge >= 0.3 is 11.7 Å². The molecule has 1 heterocycles. The van der Waals surface area contributed by atoms with Gasteiger partial charge in [0.15, 0.2) is 0 Å². The van der Waals surface area contributed by atoms with Gasteiger partial charge < -0.3 is 4.74 Å². The summed E-state index contributed by atoms with van der Waals surface area (Å²) in [6.45, 7) is 3.67. The number of hydrogen-bond donors (Lipinski definition) is 1. The van der Waals surface area contributed by atoms with Gasteiger partial charge in [-0.1, -0.05) is 0 Å². The monoisotopic (exact) mass is 282 g/mol. The van der Waals surface area contributed by atoms with Crippen molar-refractivity contribution in [2.75, 3.05) is 12.0 Å². The number of ether oxygens (including phenoxy) is 1. The van der Waals surface area contributed by atoms with Crippen molar-refractivity contribution in [2.24, 2.45) is 19.2 Å². The van der Waals surface area contributed by atoms with E-state index in [1.165, 1.54) is 24.7 Å². The van der Waals surface area contributed by atoms with Gasteiger partial charge in [0.25, 0.3) is 5.56 Å². The van der Waals surface area contributed by atoms with Crippen LogP contribution in [0.5, 0.6) is 0 Å². The molecular formula is C12H18N4O4. The Morgan fingerprint density at radius 3 is 2.60 bits per heavy atom. The van der Waals surface area contributed by atoms with Crippen molar-refractivity contribution in [1.82, 2.24) is 9.13 Å². The number of hydrazone groups is 1. The number of aromatic nitrogens is 2. The summed E-state index contributed by atoms with van der Waals surface area (Å²) < 4.78 is 7.03. The second-order valence-electron chi connectivity index (χ2n) is 4.21. The van der Waals surface area contributed by atoms with E-state index in [0.717, 1.165) is 4.57 Å². The van der Waals surface area contributed by atoms with Crippen molar-refractivity contribution in [3.05, 3.63) is 26.9 Å². The van der Waals surface area contributed by atoms with Gasteiger partial charge in [-0.25, -0.2) is 4.79 Å². The molecule has 0 atom stereocenters. The Morgan fingerprint density at radius 1 is 1.35 bits per heavy atom. The van der Waals surface area contributed by atoms with Crippen LogP contribution in [0.4, 0.5) is 5.82 Å². The predicted molar refractivity (Wildman–Crippen MR) is 74.9 cm³/mol. The third-order valence-corrected chi connectivity index (χ3v) is 2.59. The van der Waals surface area contributed by atoms with E-state index < -0.39 is 11.2 Å². The lowest BCUT2D eigenvalue weighted by atomic mass is 10.3. The zero-order chi connectivity index (χ0) is 15.3. The van der Waals surface area contributed by atoms with Crippen LogP contribution in [0.1, 0.15) is 20.3 Å². The normalized spacial score (nSPS) is 11.3. The Kier molecular flexibility index (Phi) is 5.24. The number of rotatable bonds is 5. The van der Waals surface area contributed by atoms with Crippen LogP contribution in [0.3, 0.4) is 0 Å². The summed E-state index contributed by atoms with van der Waals surface area (Å²) >= 11 is 0. The molecule has 0 saturated heterocycles. The first kappa shape index (κ1) is 15.7. The molecule has 0 radical (unpaired) electrons. The number of nitrogens with one attached hydrogen (secondary N) is 1. The molecule has 8 heteroatoms. The molecule has 0 fully saturated rings. The summed E-state index contributed by atoms with van der Waals surface area (Å²) in [6, 6.07) is 1.25. The first-order valence-electron chi connectivity index (χ1n) is 6.08. The number of carbonyl (C=O) groups excluding carboxylic acids is 1. The van der Waals surface area contributed by atoms with Crippen molar-refractivity contribution in [3.63, 3.8) is 0 Å². The molecule has 0 saturated carbocycles. The highest BCUT2D eigenvalue weighted by atomic mass is 16.5. The fourth-order valence-electron chi connectivity index (χ4n) is 1.45. The third kappa shape index (κ3) is 3.81. The van der Waals surface area contributed by atoms with Crippen LogP contribution in [0, 0.1) is 0 Å². The summed E-state index contributed by atoms with van der Waals surface area (Å²) in [5, 5.41) is 3.95. The summed E-state index contributed by atoms with van der Waals surface area (Å²) in [5.74, 6) is -0.130. The van der Waals surface area contributed by atoms with Crippen LogP contribution in [-0.2, 0) is 23.6 Å². The van der Waals surface area contributed by atoms with Gasteiger partial charge in [-0.2, -0.15) is 5.10 Å². The average molecular weight is 282 g/mol. The smallest absolute Gasteiger partial charge is 0.332 e. The van der Waals surface area contributed by atoms with Crippen LogP contribution in [0.25, 0.3) is 0 Å². The molecule has 1 N–H and O–H groups in total. The van der Waals surface area contributed by atoms with Crippen LogP contribution >= 0.6 is 0 Å². The van der Waals surface area contributed by atoms with Gasteiger partial charge in [0.2, 0.25) is 0 Å². The van der Waals surface area contributed by atoms with Gasteiger partial charge in [-0.05, 0) is 13.8 Å².